The fourth-order valence-corrected chi connectivity index (χ4v) is 2.72. The maximum absolute atomic E-state index is 12.3. The van der Waals surface area contributed by atoms with E-state index in [2.05, 4.69) is 15.1 Å². The van der Waals surface area contributed by atoms with Crippen molar-refractivity contribution in [1.82, 2.24) is 19.7 Å². The van der Waals surface area contributed by atoms with Crippen LogP contribution in [0.1, 0.15) is 5.56 Å². The zero-order chi connectivity index (χ0) is 18.1. The number of nitrogens with zero attached hydrogens (tertiary/aromatic N) is 4. The first-order chi connectivity index (χ1) is 12.7. The predicted octanol–water partition coefficient (Wildman–Crippen LogP) is 3.43. The Bertz CT molecular complexity index is 1210. The predicted molar refractivity (Wildman–Crippen MR) is 95.7 cm³/mol. The quantitative estimate of drug-likeness (QED) is 0.601. The molecule has 0 aliphatic rings. The highest BCUT2D eigenvalue weighted by molar-refractivity contribution is 6.31. The lowest BCUT2D eigenvalue weighted by Crippen LogP contribution is -2.10. The molecule has 26 heavy (non-hydrogen) atoms. The lowest BCUT2D eigenvalue weighted by Gasteiger charge is -2.08. The molecule has 0 saturated heterocycles. The summed E-state index contributed by atoms with van der Waals surface area (Å²) in [6.07, 6.45) is 1.44. The summed E-state index contributed by atoms with van der Waals surface area (Å²) < 4.78 is 7.16. The van der Waals surface area contributed by atoms with E-state index >= 15 is 0 Å². The normalized spacial score (nSPS) is 10.6. The van der Waals surface area contributed by atoms with Crippen molar-refractivity contribution < 1.29 is 4.74 Å². The molecule has 7 nitrogen and oxygen atoms in total. The van der Waals surface area contributed by atoms with E-state index < -0.39 is 5.56 Å². The molecule has 0 fully saturated rings. The molecule has 2 aromatic carbocycles. The Kier molecular flexibility index (Phi) is 3.88. The fraction of sp³-hybridized carbons (Fsp3) is 0. The molecule has 0 bridgehead atoms. The molecular weight excluding hydrogens is 354 g/mol. The van der Waals surface area contributed by atoms with E-state index in [1.807, 2.05) is 36.4 Å². The van der Waals surface area contributed by atoms with Gasteiger partial charge in [-0.25, -0.2) is 4.68 Å². The van der Waals surface area contributed by atoms with Crippen LogP contribution in [-0.4, -0.2) is 19.7 Å². The highest BCUT2D eigenvalue weighted by Gasteiger charge is 2.14. The number of ether oxygens (including phenoxy) is 1. The van der Waals surface area contributed by atoms with Gasteiger partial charge in [-0.1, -0.05) is 35.9 Å². The number of hydrogen-bond acceptors (Lipinski definition) is 5. The molecule has 126 valence electrons. The molecule has 2 aromatic heterocycles. The highest BCUT2D eigenvalue weighted by Crippen LogP contribution is 2.28. The van der Waals surface area contributed by atoms with Gasteiger partial charge in [0.05, 0.1) is 16.9 Å². The summed E-state index contributed by atoms with van der Waals surface area (Å²) in [6, 6.07) is 16.0. The van der Waals surface area contributed by atoms with E-state index in [1.54, 1.807) is 22.9 Å². The lowest BCUT2D eigenvalue weighted by molar-refractivity contribution is 0.441. The van der Waals surface area contributed by atoms with Crippen LogP contribution in [0.5, 0.6) is 11.8 Å². The van der Waals surface area contributed by atoms with Gasteiger partial charge in [-0.3, -0.25) is 9.78 Å². The Labute approximate surface area is 152 Å². The van der Waals surface area contributed by atoms with E-state index in [4.69, 9.17) is 16.3 Å². The summed E-state index contributed by atoms with van der Waals surface area (Å²) in [5.74, 6) is 0.202. The van der Waals surface area contributed by atoms with E-state index in [0.29, 0.717) is 11.0 Å². The van der Waals surface area contributed by atoms with E-state index in [0.717, 1.165) is 5.69 Å². The third kappa shape index (κ3) is 2.68. The second-order valence-electron chi connectivity index (χ2n) is 5.33. The first-order valence-corrected chi connectivity index (χ1v) is 7.95. The minimum atomic E-state index is -0.396. The Morgan fingerprint density at radius 3 is 2.73 bits per heavy atom. The first kappa shape index (κ1) is 15.9. The number of H-pyrrole nitrogens is 1. The smallest absolute Gasteiger partial charge is 0.304 e. The third-order valence-electron chi connectivity index (χ3n) is 3.71. The van der Waals surface area contributed by atoms with Crippen molar-refractivity contribution in [1.29, 1.82) is 5.26 Å². The van der Waals surface area contributed by atoms with E-state index in [1.165, 1.54) is 6.20 Å². The topological polar surface area (TPSA) is 96.6 Å². The van der Waals surface area contributed by atoms with Gasteiger partial charge >= 0.3 is 6.01 Å². The van der Waals surface area contributed by atoms with Crippen molar-refractivity contribution in [2.75, 3.05) is 0 Å². The van der Waals surface area contributed by atoms with E-state index in [9.17, 15) is 10.1 Å². The van der Waals surface area contributed by atoms with Gasteiger partial charge in [0.25, 0.3) is 5.56 Å². The SMILES string of the molecule is N#Cc1c(Cl)cccc1Oc1nc2c(cnn2-c2ccccc2)c(=O)[nH]1. The van der Waals surface area contributed by atoms with Crippen LogP contribution in [0.25, 0.3) is 16.7 Å². The van der Waals surface area contributed by atoms with Gasteiger partial charge in [0.15, 0.2) is 5.65 Å². The van der Waals surface area contributed by atoms with Crippen LogP contribution in [-0.2, 0) is 0 Å². The molecule has 0 saturated carbocycles. The molecule has 0 radical (unpaired) electrons. The molecule has 1 N–H and O–H groups in total. The molecule has 4 rings (SSSR count). The van der Waals surface area contributed by atoms with Gasteiger partial charge in [0.2, 0.25) is 0 Å². The molecule has 0 aliphatic heterocycles. The largest absolute Gasteiger partial charge is 0.424 e. The minimum absolute atomic E-state index is 0.0565. The summed E-state index contributed by atoms with van der Waals surface area (Å²) in [6.45, 7) is 0. The second-order valence-corrected chi connectivity index (χ2v) is 5.73. The summed E-state index contributed by atoms with van der Waals surface area (Å²) in [7, 11) is 0. The number of hydrogen-bond donors (Lipinski definition) is 1. The maximum atomic E-state index is 12.3. The minimum Gasteiger partial charge on any atom is -0.424 e. The molecule has 0 atom stereocenters. The van der Waals surface area contributed by atoms with E-state index in [-0.39, 0.29) is 22.3 Å². The van der Waals surface area contributed by atoms with Crippen LogP contribution in [0.3, 0.4) is 0 Å². The lowest BCUT2D eigenvalue weighted by atomic mass is 10.2. The first-order valence-electron chi connectivity index (χ1n) is 7.57. The van der Waals surface area contributed by atoms with Gasteiger partial charge < -0.3 is 4.74 Å². The number of para-hydroxylation sites is 1. The molecular formula is C18H10ClN5O2. The summed E-state index contributed by atoms with van der Waals surface area (Å²) in [5.41, 5.74) is 0.865. The van der Waals surface area contributed by atoms with Crippen LogP contribution in [0.4, 0.5) is 0 Å². The molecule has 0 unspecified atom stereocenters. The van der Waals surface area contributed by atoms with Gasteiger partial charge in [0, 0.05) is 0 Å². The number of aromatic nitrogens is 4. The van der Waals surface area contributed by atoms with Crippen LogP contribution < -0.4 is 10.3 Å². The van der Waals surface area contributed by atoms with Crippen LogP contribution in [0, 0.1) is 11.3 Å². The number of rotatable bonds is 3. The van der Waals surface area contributed by atoms with Gasteiger partial charge in [-0.2, -0.15) is 15.3 Å². The summed E-state index contributed by atoms with van der Waals surface area (Å²) in [4.78, 5) is 19.2. The van der Waals surface area contributed by atoms with Crippen LogP contribution in [0.2, 0.25) is 5.02 Å². The number of aromatic amines is 1. The average molecular weight is 364 g/mol. The number of nitriles is 1. The summed E-state index contributed by atoms with van der Waals surface area (Å²) in [5, 5.41) is 14.0. The molecule has 8 heteroatoms. The maximum Gasteiger partial charge on any atom is 0.304 e. The Morgan fingerprint density at radius 2 is 1.96 bits per heavy atom. The van der Waals surface area contributed by atoms with Crippen molar-refractivity contribution in [2.45, 2.75) is 0 Å². The number of nitrogens with one attached hydrogen (secondary N) is 1. The van der Waals surface area contributed by atoms with Crippen molar-refractivity contribution in [3.63, 3.8) is 0 Å². The van der Waals surface area contributed by atoms with Crippen molar-refractivity contribution in [3.05, 3.63) is 75.7 Å². The summed E-state index contributed by atoms with van der Waals surface area (Å²) >= 11 is 6.00. The Morgan fingerprint density at radius 1 is 1.15 bits per heavy atom. The number of benzene rings is 2. The number of halogens is 1. The molecule has 0 spiro atoms. The zero-order valence-corrected chi connectivity index (χ0v) is 13.9. The second kappa shape index (κ2) is 6.35. The average Bonchev–Trinajstić information content (AvgIpc) is 3.07. The fourth-order valence-electron chi connectivity index (χ4n) is 2.51. The highest BCUT2D eigenvalue weighted by atomic mass is 35.5. The molecule has 2 heterocycles. The monoisotopic (exact) mass is 363 g/mol. The van der Waals surface area contributed by atoms with Crippen LogP contribution in [0.15, 0.2) is 59.5 Å². The van der Waals surface area contributed by atoms with Crippen molar-refractivity contribution in [2.24, 2.45) is 0 Å². The van der Waals surface area contributed by atoms with Crippen LogP contribution >= 0.6 is 11.6 Å². The van der Waals surface area contributed by atoms with Crippen molar-refractivity contribution >= 4 is 22.6 Å². The Hall–Kier alpha value is -3.63. The third-order valence-corrected chi connectivity index (χ3v) is 4.03. The molecule has 4 aromatic rings. The van der Waals surface area contributed by atoms with Crippen molar-refractivity contribution in [3.8, 4) is 23.5 Å². The number of fused-ring (bicyclic) bond motifs is 1. The van der Waals surface area contributed by atoms with Gasteiger partial charge in [-0.05, 0) is 24.3 Å². The van der Waals surface area contributed by atoms with Gasteiger partial charge in [-0.15, -0.1) is 0 Å². The Balaban J connectivity index is 1.84. The standard InChI is InChI=1S/C18H10ClN5O2/c19-14-7-4-8-15(12(14)9-20)26-18-22-16-13(17(25)23-18)10-21-24(16)11-5-2-1-3-6-11/h1-8,10H,(H,22,23,25). The molecule has 0 aliphatic carbocycles. The molecule has 0 amide bonds. The zero-order valence-electron chi connectivity index (χ0n) is 13.2. The van der Waals surface area contributed by atoms with Gasteiger partial charge in [0.1, 0.15) is 22.8 Å².